The average molecular weight is 469 g/mol. The van der Waals surface area contributed by atoms with E-state index in [1.807, 2.05) is 80.0 Å². The van der Waals surface area contributed by atoms with Gasteiger partial charge in [-0.2, -0.15) is 0 Å². The van der Waals surface area contributed by atoms with E-state index in [2.05, 4.69) is 22.0 Å². The third kappa shape index (κ3) is 5.38. The Morgan fingerprint density at radius 2 is 1.49 bits per heavy atom. The van der Waals surface area contributed by atoms with Crippen LogP contribution in [0.3, 0.4) is 0 Å². The molecule has 35 heavy (non-hydrogen) atoms. The smallest absolute Gasteiger partial charge is 0.248 e. The van der Waals surface area contributed by atoms with E-state index in [1.165, 1.54) is 0 Å². The van der Waals surface area contributed by atoms with Crippen molar-refractivity contribution in [1.82, 2.24) is 4.57 Å². The molecule has 4 aromatic rings. The molecular formula is C29H28N2O4. The molecule has 0 atom stereocenters. The first-order valence-electron chi connectivity index (χ1n) is 11.1. The van der Waals surface area contributed by atoms with E-state index < -0.39 is 0 Å². The molecular weight excluding hydrogens is 440 g/mol. The van der Waals surface area contributed by atoms with Crippen molar-refractivity contribution in [2.24, 2.45) is 7.05 Å². The summed E-state index contributed by atoms with van der Waals surface area (Å²) >= 11 is 0. The molecule has 178 valence electrons. The Bertz CT molecular complexity index is 1370. The number of aromatic nitrogens is 1. The van der Waals surface area contributed by atoms with Crippen molar-refractivity contribution >= 4 is 40.7 Å². The van der Waals surface area contributed by atoms with Gasteiger partial charge >= 0.3 is 0 Å². The van der Waals surface area contributed by atoms with Crippen molar-refractivity contribution < 1.29 is 19.0 Å². The average Bonchev–Trinajstić information content (AvgIpc) is 3.21. The van der Waals surface area contributed by atoms with Crippen LogP contribution in [-0.4, -0.2) is 31.8 Å². The minimum Gasteiger partial charge on any atom is -0.493 e. The molecule has 0 fully saturated rings. The van der Waals surface area contributed by atoms with Crippen LogP contribution in [0.1, 0.15) is 16.7 Å². The van der Waals surface area contributed by atoms with Gasteiger partial charge in [0.2, 0.25) is 11.7 Å². The maximum absolute atomic E-state index is 12.4. The van der Waals surface area contributed by atoms with E-state index in [-0.39, 0.29) is 5.91 Å². The van der Waals surface area contributed by atoms with Gasteiger partial charge in [0.15, 0.2) is 11.5 Å². The predicted molar refractivity (Wildman–Crippen MR) is 142 cm³/mol. The lowest BCUT2D eigenvalue weighted by atomic mass is 10.1. The minimum absolute atomic E-state index is 0.182. The number of rotatable bonds is 8. The number of hydrogen-bond acceptors (Lipinski definition) is 4. The van der Waals surface area contributed by atoms with Gasteiger partial charge in [0, 0.05) is 41.5 Å². The van der Waals surface area contributed by atoms with E-state index in [0.717, 1.165) is 33.3 Å². The molecule has 0 unspecified atom stereocenters. The molecule has 0 aliphatic heterocycles. The molecule has 0 saturated heterocycles. The molecule has 1 N–H and O–H groups in total. The SMILES string of the molecule is COc1cc(C=Cc2ccc(NC(=O)/C=C/c3cn(C)c4ccccc34)cc2)cc(OC)c1OC. The van der Waals surface area contributed by atoms with Crippen molar-refractivity contribution in [1.29, 1.82) is 0 Å². The minimum atomic E-state index is -0.182. The van der Waals surface area contributed by atoms with Crippen LogP contribution >= 0.6 is 0 Å². The number of carbonyl (C=O) groups is 1. The van der Waals surface area contributed by atoms with E-state index in [4.69, 9.17) is 14.2 Å². The summed E-state index contributed by atoms with van der Waals surface area (Å²) in [6.45, 7) is 0. The number of methoxy groups -OCH3 is 3. The standard InChI is InChI=1S/C29H28N2O4/c1-31-19-22(24-7-5-6-8-25(24)31)13-16-28(32)30-23-14-11-20(12-15-23)9-10-21-17-26(33-2)29(35-4)27(18-21)34-3/h5-19H,1-4H3,(H,30,32)/b10-9?,16-13+. The summed E-state index contributed by atoms with van der Waals surface area (Å²) in [6, 6.07) is 19.5. The highest BCUT2D eigenvalue weighted by molar-refractivity contribution is 6.03. The summed E-state index contributed by atoms with van der Waals surface area (Å²) in [6.07, 6.45) is 9.35. The van der Waals surface area contributed by atoms with Crippen LogP contribution in [0.5, 0.6) is 17.2 Å². The Balaban J connectivity index is 1.42. The largest absolute Gasteiger partial charge is 0.493 e. The van der Waals surface area contributed by atoms with Gasteiger partial charge in [-0.3, -0.25) is 4.79 Å². The molecule has 6 nitrogen and oxygen atoms in total. The Labute approximate surface area is 205 Å². The first-order valence-corrected chi connectivity index (χ1v) is 11.1. The van der Waals surface area contributed by atoms with Crippen LogP contribution < -0.4 is 19.5 Å². The predicted octanol–water partition coefficient (Wildman–Crippen LogP) is 6.03. The van der Waals surface area contributed by atoms with Crippen molar-refractivity contribution in [3.8, 4) is 17.2 Å². The van der Waals surface area contributed by atoms with Gasteiger partial charge in [0.05, 0.1) is 21.3 Å². The fraction of sp³-hybridized carbons (Fsp3) is 0.138. The van der Waals surface area contributed by atoms with E-state index in [0.29, 0.717) is 17.2 Å². The second-order valence-electron chi connectivity index (χ2n) is 7.95. The van der Waals surface area contributed by atoms with Crippen LogP contribution in [0.15, 0.2) is 72.9 Å². The fourth-order valence-corrected chi connectivity index (χ4v) is 3.92. The Kier molecular flexibility index (Phi) is 7.21. The van der Waals surface area contributed by atoms with Gasteiger partial charge in [-0.25, -0.2) is 0 Å². The van der Waals surface area contributed by atoms with Crippen molar-refractivity contribution in [3.63, 3.8) is 0 Å². The molecule has 0 spiro atoms. The molecule has 1 amide bonds. The number of carbonyl (C=O) groups excluding carboxylic acids is 1. The number of benzene rings is 3. The van der Waals surface area contributed by atoms with Gasteiger partial charge in [0.1, 0.15) is 0 Å². The van der Waals surface area contributed by atoms with Crippen molar-refractivity contribution in [2.45, 2.75) is 0 Å². The molecule has 0 aliphatic rings. The number of anilines is 1. The summed E-state index contributed by atoms with van der Waals surface area (Å²) < 4.78 is 18.2. The lowest BCUT2D eigenvalue weighted by Gasteiger charge is -2.12. The highest BCUT2D eigenvalue weighted by Gasteiger charge is 2.12. The first kappa shape index (κ1) is 23.7. The summed E-state index contributed by atoms with van der Waals surface area (Å²) in [4.78, 5) is 12.4. The maximum Gasteiger partial charge on any atom is 0.248 e. The number of aryl methyl sites for hydroxylation is 1. The summed E-state index contributed by atoms with van der Waals surface area (Å²) in [5.41, 5.74) is 4.76. The molecule has 1 heterocycles. The molecule has 6 heteroatoms. The van der Waals surface area contributed by atoms with Crippen LogP contribution in [0.25, 0.3) is 29.1 Å². The van der Waals surface area contributed by atoms with Crippen molar-refractivity contribution in [2.75, 3.05) is 26.6 Å². The Morgan fingerprint density at radius 1 is 0.829 bits per heavy atom. The van der Waals surface area contributed by atoms with E-state index in [1.54, 1.807) is 27.4 Å². The topological polar surface area (TPSA) is 61.7 Å². The summed E-state index contributed by atoms with van der Waals surface area (Å²) in [5.74, 6) is 1.57. The van der Waals surface area contributed by atoms with E-state index >= 15 is 0 Å². The van der Waals surface area contributed by atoms with Crippen LogP contribution in [0.2, 0.25) is 0 Å². The molecule has 1 aromatic heterocycles. The highest BCUT2D eigenvalue weighted by atomic mass is 16.5. The zero-order valence-electron chi connectivity index (χ0n) is 20.2. The quantitative estimate of drug-likeness (QED) is 0.253. The van der Waals surface area contributed by atoms with E-state index in [9.17, 15) is 4.79 Å². The third-order valence-electron chi connectivity index (χ3n) is 5.68. The number of hydrogen-bond donors (Lipinski definition) is 1. The summed E-state index contributed by atoms with van der Waals surface area (Å²) in [7, 11) is 6.76. The van der Waals surface area contributed by atoms with Gasteiger partial charge in [-0.15, -0.1) is 0 Å². The lowest BCUT2D eigenvalue weighted by molar-refractivity contribution is -0.111. The van der Waals surface area contributed by atoms with Crippen LogP contribution in [-0.2, 0) is 11.8 Å². The number of fused-ring (bicyclic) bond motifs is 1. The summed E-state index contributed by atoms with van der Waals surface area (Å²) in [5, 5.41) is 4.02. The van der Waals surface area contributed by atoms with Gasteiger partial charge in [-0.1, -0.05) is 42.5 Å². The van der Waals surface area contributed by atoms with Crippen molar-refractivity contribution in [3.05, 3.63) is 89.6 Å². The van der Waals surface area contributed by atoms with Gasteiger partial charge in [0.25, 0.3) is 0 Å². The number of para-hydroxylation sites is 1. The highest BCUT2D eigenvalue weighted by Crippen LogP contribution is 2.38. The first-order chi connectivity index (χ1) is 17.0. The second kappa shape index (κ2) is 10.7. The number of nitrogens with zero attached hydrogens (tertiary/aromatic N) is 1. The molecule has 3 aromatic carbocycles. The van der Waals surface area contributed by atoms with Gasteiger partial charge in [-0.05, 0) is 47.5 Å². The molecule has 0 aliphatic carbocycles. The molecule has 0 saturated carbocycles. The Hall–Kier alpha value is -4.45. The fourth-order valence-electron chi connectivity index (χ4n) is 3.92. The zero-order valence-corrected chi connectivity index (χ0v) is 20.2. The molecule has 4 rings (SSSR count). The zero-order chi connectivity index (χ0) is 24.8. The van der Waals surface area contributed by atoms with Gasteiger partial charge < -0.3 is 24.1 Å². The van der Waals surface area contributed by atoms with Crippen LogP contribution in [0, 0.1) is 0 Å². The second-order valence-corrected chi connectivity index (χ2v) is 7.95. The van der Waals surface area contributed by atoms with Crippen LogP contribution in [0.4, 0.5) is 5.69 Å². The Morgan fingerprint density at radius 3 is 2.14 bits per heavy atom. The number of ether oxygens (including phenoxy) is 3. The maximum atomic E-state index is 12.4. The third-order valence-corrected chi connectivity index (χ3v) is 5.68. The lowest BCUT2D eigenvalue weighted by Crippen LogP contribution is -2.07. The molecule has 0 bridgehead atoms. The normalized spacial score (nSPS) is 11.3. The monoisotopic (exact) mass is 468 g/mol. The molecule has 0 radical (unpaired) electrons. The number of nitrogens with one attached hydrogen (secondary N) is 1. The number of amides is 1.